The number of nitrogens with one attached hydrogen (secondary N) is 1. The lowest BCUT2D eigenvalue weighted by molar-refractivity contribution is 0.0697. The molecule has 5 nitrogen and oxygen atoms in total. The van der Waals surface area contributed by atoms with Crippen molar-refractivity contribution in [3.05, 3.63) is 88.2 Å². The number of carboxylic acids is 1. The van der Waals surface area contributed by atoms with Crippen molar-refractivity contribution in [2.24, 2.45) is 10.7 Å². The third-order valence-electron chi connectivity index (χ3n) is 3.94. The van der Waals surface area contributed by atoms with E-state index in [0.29, 0.717) is 29.2 Å². The normalized spacial score (nSPS) is 12.3. The van der Waals surface area contributed by atoms with Crippen molar-refractivity contribution in [3.8, 4) is 0 Å². The number of benzene rings is 1. The van der Waals surface area contributed by atoms with Crippen LogP contribution in [0.4, 0.5) is 10.1 Å². The number of anilines is 1. The van der Waals surface area contributed by atoms with E-state index in [1.807, 2.05) is 6.92 Å². The van der Waals surface area contributed by atoms with Gasteiger partial charge in [0.15, 0.2) is 5.13 Å². The third kappa shape index (κ3) is 5.40. The zero-order valence-electron chi connectivity index (χ0n) is 15.5. The summed E-state index contributed by atoms with van der Waals surface area (Å²) in [7, 11) is 0. The highest BCUT2D eigenvalue weighted by atomic mass is 32.1. The van der Waals surface area contributed by atoms with Crippen LogP contribution in [0.15, 0.2) is 77.6 Å². The minimum absolute atomic E-state index is 0.170. The average molecular weight is 399 g/mol. The van der Waals surface area contributed by atoms with Gasteiger partial charge in [-0.05, 0) is 54.8 Å². The predicted octanol–water partition coefficient (Wildman–Crippen LogP) is 5.16. The Bertz CT molecular complexity index is 943. The van der Waals surface area contributed by atoms with E-state index in [1.165, 1.54) is 18.2 Å². The Morgan fingerprint density at radius 2 is 2.00 bits per heavy atom. The molecule has 2 rings (SSSR count). The van der Waals surface area contributed by atoms with E-state index in [9.17, 15) is 9.18 Å². The van der Waals surface area contributed by atoms with Gasteiger partial charge in [-0.1, -0.05) is 19.6 Å². The number of rotatable bonds is 9. The Labute approximate surface area is 167 Å². The van der Waals surface area contributed by atoms with Crippen molar-refractivity contribution in [2.75, 3.05) is 5.32 Å². The highest BCUT2D eigenvalue weighted by Crippen LogP contribution is 2.25. The number of aromatic carboxylic acids is 1. The Hall–Kier alpha value is -3.19. The second kappa shape index (κ2) is 9.66. The van der Waals surface area contributed by atoms with Gasteiger partial charge < -0.3 is 16.2 Å². The summed E-state index contributed by atoms with van der Waals surface area (Å²) in [4.78, 5) is 16.0. The van der Waals surface area contributed by atoms with Crippen LogP contribution in [0.1, 0.15) is 35.0 Å². The van der Waals surface area contributed by atoms with E-state index in [0.717, 1.165) is 22.5 Å². The molecule has 0 atom stereocenters. The van der Waals surface area contributed by atoms with Gasteiger partial charge in [-0.25, -0.2) is 9.79 Å². The quantitative estimate of drug-likeness (QED) is 0.235. The molecule has 0 aliphatic heterocycles. The first-order valence-corrected chi connectivity index (χ1v) is 9.39. The maximum absolute atomic E-state index is 13.3. The number of carboxylic acid groups (broad SMARTS) is 1. The fraction of sp³-hybridized carbons (Fsp3) is 0.143. The Kier molecular flexibility index (Phi) is 7.28. The number of hydrogen-bond acceptors (Lipinski definition) is 4. The van der Waals surface area contributed by atoms with Crippen LogP contribution in [-0.2, 0) is 0 Å². The van der Waals surface area contributed by atoms with Crippen molar-refractivity contribution in [2.45, 2.75) is 19.8 Å². The molecule has 1 aromatic heterocycles. The number of hydrogen-bond donors (Lipinski definition) is 3. The molecule has 0 radical (unpaired) electrons. The molecule has 1 heterocycles. The first-order valence-electron chi connectivity index (χ1n) is 8.58. The summed E-state index contributed by atoms with van der Waals surface area (Å²) >= 11 is 0.908. The van der Waals surface area contributed by atoms with Gasteiger partial charge in [-0.15, -0.1) is 17.9 Å². The topological polar surface area (TPSA) is 87.7 Å². The maximum atomic E-state index is 13.3. The summed E-state index contributed by atoms with van der Waals surface area (Å²) in [6, 6.07) is 9.16. The van der Waals surface area contributed by atoms with Gasteiger partial charge >= 0.3 is 5.97 Å². The molecule has 0 fully saturated rings. The Balaban J connectivity index is 2.49. The van der Waals surface area contributed by atoms with Crippen molar-refractivity contribution >= 4 is 28.8 Å². The molecule has 2 aromatic rings. The van der Waals surface area contributed by atoms with Crippen LogP contribution in [0.25, 0.3) is 0 Å². The lowest BCUT2D eigenvalue weighted by Crippen LogP contribution is -2.15. The van der Waals surface area contributed by atoms with Crippen LogP contribution < -0.4 is 11.1 Å². The molecule has 1 aromatic carbocycles. The average Bonchev–Trinajstić information content (AvgIpc) is 3.12. The van der Waals surface area contributed by atoms with E-state index in [2.05, 4.69) is 23.5 Å². The second-order valence-electron chi connectivity index (χ2n) is 5.89. The molecule has 0 saturated heterocycles. The first kappa shape index (κ1) is 21.1. The number of thiophene rings is 1. The molecule has 0 unspecified atom stereocenters. The molecule has 0 aliphatic carbocycles. The summed E-state index contributed by atoms with van der Waals surface area (Å²) < 4.78 is 13.3. The molecule has 0 amide bonds. The minimum Gasteiger partial charge on any atom is -0.478 e. The Morgan fingerprint density at radius 1 is 1.32 bits per heavy atom. The van der Waals surface area contributed by atoms with E-state index in [4.69, 9.17) is 10.8 Å². The second-order valence-corrected chi connectivity index (χ2v) is 6.92. The summed E-state index contributed by atoms with van der Waals surface area (Å²) in [6.45, 7) is 9.85. The first-order chi connectivity index (χ1) is 13.3. The number of halogens is 1. The largest absolute Gasteiger partial charge is 0.478 e. The third-order valence-corrected chi connectivity index (χ3v) is 4.84. The zero-order valence-corrected chi connectivity index (χ0v) is 16.4. The summed E-state index contributed by atoms with van der Waals surface area (Å²) in [5.74, 6) is -0.374. The van der Waals surface area contributed by atoms with Crippen LogP contribution in [0, 0.1) is 5.13 Å². The van der Waals surface area contributed by atoms with Gasteiger partial charge in [0.2, 0.25) is 0 Å². The van der Waals surface area contributed by atoms with Crippen molar-refractivity contribution in [1.82, 2.24) is 0 Å². The molecule has 0 bridgehead atoms. The lowest BCUT2D eigenvalue weighted by atomic mass is 10.0. The van der Waals surface area contributed by atoms with Crippen LogP contribution in [-0.4, -0.2) is 16.9 Å². The molecule has 0 saturated carbocycles. The number of nitrogens with two attached hydrogens (primary N) is 1. The fourth-order valence-corrected chi connectivity index (χ4v) is 3.03. The molecule has 7 heteroatoms. The van der Waals surface area contributed by atoms with Gasteiger partial charge in [-0.3, -0.25) is 0 Å². The smallest absolute Gasteiger partial charge is 0.335 e. The van der Waals surface area contributed by atoms with E-state index in [-0.39, 0.29) is 16.5 Å². The van der Waals surface area contributed by atoms with Gasteiger partial charge in [0.05, 0.1) is 10.4 Å². The molecular weight excluding hydrogens is 377 g/mol. The van der Waals surface area contributed by atoms with Gasteiger partial charge in [-0.2, -0.15) is 4.39 Å². The van der Waals surface area contributed by atoms with Crippen LogP contribution in [0.2, 0.25) is 0 Å². The molecule has 0 aliphatic rings. The molecule has 146 valence electrons. The van der Waals surface area contributed by atoms with E-state index >= 15 is 0 Å². The van der Waals surface area contributed by atoms with Gasteiger partial charge in [0, 0.05) is 11.3 Å². The number of allylic oxidation sites excluding steroid dienone is 3. The zero-order chi connectivity index (χ0) is 20.7. The van der Waals surface area contributed by atoms with Crippen molar-refractivity contribution in [3.63, 3.8) is 0 Å². The SMILES string of the molecule is C=CC/C(C(=C)CC)=C(/N=C(\N)c1ccc(F)s1)Nc1ccc(C(=O)O)cc1. The lowest BCUT2D eigenvalue weighted by Gasteiger charge is -2.15. The number of aliphatic imine (C=N–C) groups is 1. The maximum Gasteiger partial charge on any atom is 0.335 e. The van der Waals surface area contributed by atoms with Crippen LogP contribution in [0.3, 0.4) is 0 Å². The summed E-state index contributed by atoms with van der Waals surface area (Å²) in [6.07, 6.45) is 2.95. The number of amidine groups is 1. The van der Waals surface area contributed by atoms with Gasteiger partial charge in [0.1, 0.15) is 11.7 Å². The minimum atomic E-state index is -1.00. The van der Waals surface area contributed by atoms with Crippen LogP contribution >= 0.6 is 11.3 Å². The standard InChI is InChI=1S/C21H22FN3O2S/c1-4-6-16(13(3)5-2)20(25-19(23)17-11-12-18(22)28-17)24-15-9-7-14(8-10-15)21(26)27/h4,7-12,24H,1,3,5-6H2,2H3,(H2,23,25)(H,26,27)/b20-16-. The fourth-order valence-electron chi connectivity index (χ4n) is 2.40. The monoisotopic (exact) mass is 399 g/mol. The summed E-state index contributed by atoms with van der Waals surface area (Å²) in [5, 5.41) is 11.9. The van der Waals surface area contributed by atoms with Gasteiger partial charge in [0.25, 0.3) is 0 Å². The molecule has 0 spiro atoms. The van der Waals surface area contributed by atoms with E-state index < -0.39 is 5.97 Å². The summed E-state index contributed by atoms with van der Waals surface area (Å²) in [5.41, 5.74) is 8.58. The molecular formula is C21H22FN3O2S. The Morgan fingerprint density at radius 3 is 2.50 bits per heavy atom. The predicted molar refractivity (Wildman–Crippen MR) is 113 cm³/mol. The van der Waals surface area contributed by atoms with Crippen molar-refractivity contribution < 1.29 is 14.3 Å². The number of nitrogens with zero attached hydrogens (tertiary/aromatic N) is 1. The van der Waals surface area contributed by atoms with Crippen molar-refractivity contribution in [1.29, 1.82) is 0 Å². The number of carbonyl (C=O) groups is 1. The highest BCUT2D eigenvalue weighted by molar-refractivity contribution is 7.12. The molecule has 28 heavy (non-hydrogen) atoms. The highest BCUT2D eigenvalue weighted by Gasteiger charge is 2.12. The molecule has 4 N–H and O–H groups in total. The van der Waals surface area contributed by atoms with Crippen LogP contribution in [0.5, 0.6) is 0 Å². The van der Waals surface area contributed by atoms with E-state index in [1.54, 1.807) is 24.3 Å².